The van der Waals surface area contributed by atoms with Gasteiger partial charge in [0.25, 0.3) is 0 Å². The minimum Gasteiger partial charge on any atom is -0.310 e. The van der Waals surface area contributed by atoms with Gasteiger partial charge in [0.05, 0.1) is 16.3 Å². The Bertz CT molecular complexity index is 593. The Hall–Kier alpha value is -1.40. The highest BCUT2D eigenvalue weighted by Crippen LogP contribution is 2.31. The number of nitrogens with zero attached hydrogens (tertiary/aromatic N) is 1. The fourth-order valence-electron chi connectivity index (χ4n) is 2.20. The zero-order valence-electron chi connectivity index (χ0n) is 11.9. The molecule has 6 heteroatoms. The second-order valence-electron chi connectivity index (χ2n) is 4.80. The molecule has 2 aromatic rings. The molecule has 1 N–H and O–H groups in total. The Labute approximate surface area is 126 Å². The number of alkyl halides is 3. The number of nitrogens with one attached hydrogen (secondary N) is 1. The van der Waals surface area contributed by atoms with E-state index in [4.69, 9.17) is 0 Å². The summed E-state index contributed by atoms with van der Waals surface area (Å²) in [6.07, 6.45) is -3.73. The van der Waals surface area contributed by atoms with Crippen molar-refractivity contribution < 1.29 is 13.2 Å². The number of halogens is 3. The van der Waals surface area contributed by atoms with Crippen LogP contribution in [-0.4, -0.2) is 11.5 Å². The van der Waals surface area contributed by atoms with Crippen LogP contribution in [0.15, 0.2) is 29.6 Å². The average molecular weight is 314 g/mol. The Kier molecular flexibility index (Phi) is 5.00. The van der Waals surface area contributed by atoms with Crippen molar-refractivity contribution >= 4 is 11.3 Å². The predicted molar refractivity (Wildman–Crippen MR) is 78.4 cm³/mol. The van der Waals surface area contributed by atoms with Gasteiger partial charge in [0, 0.05) is 17.8 Å². The molecule has 0 fully saturated rings. The van der Waals surface area contributed by atoms with Crippen molar-refractivity contribution in [2.45, 2.75) is 32.5 Å². The lowest BCUT2D eigenvalue weighted by Gasteiger charge is -2.19. The average Bonchev–Trinajstić information content (AvgIpc) is 2.83. The van der Waals surface area contributed by atoms with E-state index >= 15 is 0 Å². The predicted octanol–water partition coefficient (Wildman–Crippen LogP) is 4.36. The number of hydrogen-bond donors (Lipinski definition) is 1. The molecule has 0 saturated carbocycles. The summed E-state index contributed by atoms with van der Waals surface area (Å²) in [5.41, 5.74) is 0.926. The summed E-state index contributed by atoms with van der Waals surface area (Å²) in [7, 11) is 0. The molecule has 2 rings (SSSR count). The lowest BCUT2D eigenvalue weighted by molar-refractivity contribution is -0.137. The van der Waals surface area contributed by atoms with E-state index in [1.54, 1.807) is 17.4 Å². The summed E-state index contributed by atoms with van der Waals surface area (Å²) in [5, 5.41) is 6.15. The first-order chi connectivity index (χ1) is 9.90. The first kappa shape index (κ1) is 16.0. The van der Waals surface area contributed by atoms with Crippen LogP contribution in [0.4, 0.5) is 13.2 Å². The van der Waals surface area contributed by atoms with Gasteiger partial charge in [0.15, 0.2) is 0 Å². The lowest BCUT2D eigenvalue weighted by Crippen LogP contribution is -2.23. The number of thiazole rings is 1. The number of benzene rings is 1. The summed E-state index contributed by atoms with van der Waals surface area (Å²) >= 11 is 1.55. The van der Waals surface area contributed by atoms with Crippen molar-refractivity contribution in [2.24, 2.45) is 0 Å². The van der Waals surface area contributed by atoms with Gasteiger partial charge in [0.2, 0.25) is 0 Å². The van der Waals surface area contributed by atoms with Crippen LogP contribution in [0, 0.1) is 6.92 Å². The van der Waals surface area contributed by atoms with Gasteiger partial charge in [-0.1, -0.05) is 19.1 Å². The molecule has 0 aliphatic carbocycles. The molecular weight excluding hydrogens is 297 g/mol. The van der Waals surface area contributed by atoms with Crippen molar-refractivity contribution in [3.63, 3.8) is 0 Å². The Morgan fingerprint density at radius 1 is 1.33 bits per heavy atom. The molecule has 1 heterocycles. The van der Waals surface area contributed by atoms with E-state index in [2.05, 4.69) is 10.3 Å². The number of aromatic nitrogens is 1. The van der Waals surface area contributed by atoms with Gasteiger partial charge >= 0.3 is 6.18 Å². The number of rotatable bonds is 5. The highest BCUT2D eigenvalue weighted by Gasteiger charge is 2.31. The van der Waals surface area contributed by atoms with Gasteiger partial charge in [-0.15, -0.1) is 11.3 Å². The summed E-state index contributed by atoms with van der Waals surface area (Å²) < 4.78 is 38.4. The van der Waals surface area contributed by atoms with Crippen LogP contribution in [0.3, 0.4) is 0 Å². The molecule has 21 heavy (non-hydrogen) atoms. The quantitative estimate of drug-likeness (QED) is 0.887. The third-order valence-electron chi connectivity index (χ3n) is 3.15. The molecule has 1 aromatic carbocycles. The van der Waals surface area contributed by atoms with E-state index in [0.29, 0.717) is 18.5 Å². The van der Waals surface area contributed by atoms with E-state index in [-0.39, 0.29) is 6.04 Å². The summed E-state index contributed by atoms with van der Waals surface area (Å²) in [5.74, 6) is 0. The first-order valence-corrected chi connectivity index (χ1v) is 7.59. The highest BCUT2D eigenvalue weighted by atomic mass is 32.1. The molecular formula is C15H17F3N2S. The third kappa shape index (κ3) is 4.28. The number of hydrogen-bond acceptors (Lipinski definition) is 3. The molecule has 114 valence electrons. The zero-order valence-corrected chi connectivity index (χ0v) is 12.7. The van der Waals surface area contributed by atoms with Crippen LogP contribution >= 0.6 is 11.3 Å². The topological polar surface area (TPSA) is 24.9 Å². The molecule has 1 unspecified atom stereocenters. The van der Waals surface area contributed by atoms with Crippen LogP contribution in [0.1, 0.15) is 34.8 Å². The largest absolute Gasteiger partial charge is 0.416 e. The van der Waals surface area contributed by atoms with Gasteiger partial charge in [-0.2, -0.15) is 13.2 Å². The Balaban J connectivity index is 2.25. The third-order valence-corrected chi connectivity index (χ3v) is 3.97. The van der Waals surface area contributed by atoms with E-state index in [1.165, 1.54) is 12.1 Å². The van der Waals surface area contributed by atoms with E-state index in [0.717, 1.165) is 16.8 Å². The molecule has 0 aliphatic heterocycles. The lowest BCUT2D eigenvalue weighted by atomic mass is 10.00. The van der Waals surface area contributed by atoms with Gasteiger partial charge in [-0.05, 0) is 31.2 Å². The van der Waals surface area contributed by atoms with Crippen molar-refractivity contribution in [3.8, 4) is 0 Å². The van der Waals surface area contributed by atoms with E-state index in [1.807, 2.05) is 19.2 Å². The molecule has 0 radical (unpaired) electrons. The standard InChI is InChI=1S/C15H17F3N2S/c1-3-19-14(8-13-9-21-10(2)20-13)11-5-4-6-12(7-11)15(16,17)18/h4-7,9,14,19H,3,8H2,1-2H3. The molecule has 1 aromatic heterocycles. The molecule has 0 amide bonds. The Morgan fingerprint density at radius 2 is 2.10 bits per heavy atom. The summed E-state index contributed by atoms with van der Waals surface area (Å²) in [6.45, 7) is 4.54. The minimum absolute atomic E-state index is 0.168. The zero-order chi connectivity index (χ0) is 15.5. The molecule has 0 bridgehead atoms. The normalized spacial score (nSPS) is 13.4. The smallest absolute Gasteiger partial charge is 0.310 e. The monoisotopic (exact) mass is 314 g/mol. The highest BCUT2D eigenvalue weighted by molar-refractivity contribution is 7.09. The summed E-state index contributed by atoms with van der Waals surface area (Å²) in [4.78, 5) is 4.39. The van der Waals surface area contributed by atoms with Crippen LogP contribution in [-0.2, 0) is 12.6 Å². The molecule has 0 spiro atoms. The first-order valence-electron chi connectivity index (χ1n) is 6.71. The van der Waals surface area contributed by atoms with Gasteiger partial charge < -0.3 is 5.32 Å². The molecule has 2 nitrogen and oxygen atoms in total. The summed E-state index contributed by atoms with van der Waals surface area (Å²) in [6, 6.07) is 5.32. The second-order valence-corrected chi connectivity index (χ2v) is 5.86. The van der Waals surface area contributed by atoms with Gasteiger partial charge in [-0.3, -0.25) is 0 Å². The van der Waals surface area contributed by atoms with Crippen LogP contribution < -0.4 is 5.32 Å². The molecule has 0 aliphatic rings. The second kappa shape index (κ2) is 6.58. The van der Waals surface area contributed by atoms with Crippen LogP contribution in [0.2, 0.25) is 0 Å². The van der Waals surface area contributed by atoms with Crippen molar-refractivity contribution in [3.05, 3.63) is 51.5 Å². The fraction of sp³-hybridized carbons (Fsp3) is 0.400. The van der Waals surface area contributed by atoms with Crippen LogP contribution in [0.25, 0.3) is 0 Å². The van der Waals surface area contributed by atoms with E-state index in [9.17, 15) is 13.2 Å². The molecule has 0 saturated heterocycles. The van der Waals surface area contributed by atoms with Gasteiger partial charge in [-0.25, -0.2) is 4.98 Å². The Morgan fingerprint density at radius 3 is 2.67 bits per heavy atom. The maximum atomic E-state index is 12.8. The molecule has 1 atom stereocenters. The SMILES string of the molecule is CCNC(Cc1csc(C)n1)c1cccc(C(F)(F)F)c1. The number of aryl methyl sites for hydroxylation is 1. The minimum atomic E-state index is -4.32. The van der Waals surface area contributed by atoms with Crippen molar-refractivity contribution in [1.82, 2.24) is 10.3 Å². The van der Waals surface area contributed by atoms with Crippen LogP contribution in [0.5, 0.6) is 0 Å². The van der Waals surface area contributed by atoms with E-state index < -0.39 is 11.7 Å². The maximum Gasteiger partial charge on any atom is 0.416 e. The fourth-order valence-corrected chi connectivity index (χ4v) is 2.82. The van der Waals surface area contributed by atoms with Gasteiger partial charge in [0.1, 0.15) is 0 Å². The number of likely N-dealkylation sites (N-methyl/N-ethyl adjacent to an activating group) is 1. The van der Waals surface area contributed by atoms with Crippen molar-refractivity contribution in [2.75, 3.05) is 6.54 Å². The maximum absolute atomic E-state index is 12.8. The van der Waals surface area contributed by atoms with Crippen molar-refractivity contribution in [1.29, 1.82) is 0 Å².